The predicted octanol–water partition coefficient (Wildman–Crippen LogP) is 2.82. The number of nitrogens with zero attached hydrogens (tertiary/aromatic N) is 2. The van der Waals surface area contributed by atoms with Crippen LogP contribution in [0.5, 0.6) is 0 Å². The van der Waals surface area contributed by atoms with Gasteiger partial charge in [0, 0.05) is 44.7 Å². The lowest BCUT2D eigenvalue weighted by atomic mass is 9.89. The first kappa shape index (κ1) is 18.8. The standard InChI is InChI=1S/C21H23F2N3O2/c22-17-6-5-15(13-18(17)23)14-25-9-7-21(8-10-25)24-19-4-2-1-3-16(19)20(28)26(21)11-12-27/h1-6,13,24,27H,7-12,14H2. The number of hydrogen-bond acceptors (Lipinski definition) is 4. The molecule has 0 aromatic heterocycles. The Morgan fingerprint density at radius 3 is 2.54 bits per heavy atom. The number of carbonyl (C=O) groups is 1. The number of nitrogens with one attached hydrogen (secondary N) is 1. The maximum atomic E-state index is 13.5. The Balaban J connectivity index is 1.51. The van der Waals surface area contributed by atoms with Crippen molar-refractivity contribution in [1.82, 2.24) is 9.80 Å². The summed E-state index contributed by atoms with van der Waals surface area (Å²) in [6, 6.07) is 11.4. The van der Waals surface area contributed by atoms with Gasteiger partial charge in [0.15, 0.2) is 11.6 Å². The highest BCUT2D eigenvalue weighted by Crippen LogP contribution is 2.37. The third-order valence-corrected chi connectivity index (χ3v) is 5.68. The summed E-state index contributed by atoms with van der Waals surface area (Å²) in [6.45, 7) is 2.09. The molecule has 2 N–H and O–H groups in total. The number of aliphatic hydroxyl groups excluding tert-OH is 1. The summed E-state index contributed by atoms with van der Waals surface area (Å²) in [5.74, 6) is -1.75. The van der Waals surface area contributed by atoms with Crippen molar-refractivity contribution in [2.45, 2.75) is 25.0 Å². The van der Waals surface area contributed by atoms with Gasteiger partial charge in [-0.15, -0.1) is 0 Å². The number of hydrogen-bond donors (Lipinski definition) is 2. The van der Waals surface area contributed by atoms with Crippen LogP contribution in [-0.4, -0.2) is 52.7 Å². The Bertz CT molecular complexity index is 882. The Morgan fingerprint density at radius 1 is 1.07 bits per heavy atom. The fraction of sp³-hybridized carbons (Fsp3) is 0.381. The number of carbonyl (C=O) groups excluding carboxylic acids is 1. The fourth-order valence-corrected chi connectivity index (χ4v) is 4.22. The van der Waals surface area contributed by atoms with E-state index in [0.717, 1.165) is 17.3 Å². The summed E-state index contributed by atoms with van der Waals surface area (Å²) in [5, 5.41) is 13.0. The number of rotatable bonds is 4. The van der Waals surface area contributed by atoms with E-state index >= 15 is 0 Å². The molecule has 0 aliphatic carbocycles. The van der Waals surface area contributed by atoms with Crippen molar-refractivity contribution in [3.63, 3.8) is 0 Å². The highest BCUT2D eigenvalue weighted by atomic mass is 19.2. The highest BCUT2D eigenvalue weighted by molar-refractivity contribution is 6.02. The molecule has 7 heteroatoms. The van der Waals surface area contributed by atoms with Crippen LogP contribution in [0.15, 0.2) is 42.5 Å². The van der Waals surface area contributed by atoms with Gasteiger partial charge < -0.3 is 15.3 Å². The Labute approximate surface area is 162 Å². The quantitative estimate of drug-likeness (QED) is 0.847. The number of piperidine rings is 1. The molecule has 0 radical (unpaired) electrons. The summed E-state index contributed by atoms with van der Waals surface area (Å²) < 4.78 is 26.6. The average Bonchev–Trinajstić information content (AvgIpc) is 2.70. The summed E-state index contributed by atoms with van der Waals surface area (Å²) >= 11 is 0. The molecular weight excluding hydrogens is 364 g/mol. The first-order valence-corrected chi connectivity index (χ1v) is 9.49. The zero-order chi connectivity index (χ0) is 19.7. The topological polar surface area (TPSA) is 55.8 Å². The minimum Gasteiger partial charge on any atom is -0.395 e. The first-order valence-electron chi connectivity index (χ1n) is 9.49. The van der Waals surface area contributed by atoms with Crippen molar-refractivity contribution in [3.8, 4) is 0 Å². The molecule has 0 saturated carbocycles. The molecule has 0 atom stereocenters. The second-order valence-corrected chi connectivity index (χ2v) is 7.41. The third kappa shape index (κ3) is 3.36. The van der Waals surface area contributed by atoms with Gasteiger partial charge in [-0.3, -0.25) is 9.69 Å². The first-order chi connectivity index (χ1) is 13.5. The number of anilines is 1. The summed E-state index contributed by atoms with van der Waals surface area (Å²) in [5.41, 5.74) is 1.61. The molecule has 5 nitrogen and oxygen atoms in total. The van der Waals surface area contributed by atoms with E-state index in [1.165, 1.54) is 6.07 Å². The number of amides is 1. The van der Waals surface area contributed by atoms with E-state index in [4.69, 9.17) is 0 Å². The van der Waals surface area contributed by atoms with Crippen LogP contribution in [0.25, 0.3) is 0 Å². The van der Waals surface area contributed by atoms with Crippen LogP contribution in [-0.2, 0) is 6.54 Å². The fourth-order valence-electron chi connectivity index (χ4n) is 4.22. The molecule has 28 heavy (non-hydrogen) atoms. The second-order valence-electron chi connectivity index (χ2n) is 7.41. The van der Waals surface area contributed by atoms with E-state index in [9.17, 15) is 18.7 Å². The van der Waals surface area contributed by atoms with E-state index in [1.807, 2.05) is 18.2 Å². The Morgan fingerprint density at radius 2 is 1.82 bits per heavy atom. The zero-order valence-electron chi connectivity index (χ0n) is 15.5. The second kappa shape index (κ2) is 7.48. The molecule has 1 amide bonds. The minimum atomic E-state index is -0.843. The SMILES string of the molecule is O=C1c2ccccc2NC2(CCN(Cc3ccc(F)c(F)c3)CC2)N1CCO. The van der Waals surface area contributed by atoms with Gasteiger partial charge in [0.25, 0.3) is 5.91 Å². The molecule has 1 saturated heterocycles. The molecule has 1 spiro atoms. The third-order valence-electron chi connectivity index (χ3n) is 5.68. The lowest BCUT2D eigenvalue weighted by Crippen LogP contribution is -2.64. The van der Waals surface area contributed by atoms with Crippen molar-refractivity contribution in [2.75, 3.05) is 31.6 Å². The molecule has 2 aromatic carbocycles. The molecule has 0 bridgehead atoms. The van der Waals surface area contributed by atoms with Gasteiger partial charge in [0.05, 0.1) is 12.2 Å². The maximum absolute atomic E-state index is 13.5. The van der Waals surface area contributed by atoms with Crippen molar-refractivity contribution >= 4 is 11.6 Å². The maximum Gasteiger partial charge on any atom is 0.257 e. The number of fused-ring (bicyclic) bond motifs is 1. The van der Waals surface area contributed by atoms with E-state index in [0.29, 0.717) is 38.0 Å². The minimum absolute atomic E-state index is 0.0718. The van der Waals surface area contributed by atoms with Crippen molar-refractivity contribution in [2.24, 2.45) is 0 Å². The number of β-amino-alcohol motifs (C(OH)–C–C–N with tert-alkyl or cyclic N) is 1. The zero-order valence-corrected chi connectivity index (χ0v) is 15.5. The smallest absolute Gasteiger partial charge is 0.257 e. The summed E-state index contributed by atoms with van der Waals surface area (Å²) in [4.78, 5) is 16.9. The van der Waals surface area contributed by atoms with Crippen LogP contribution in [0.4, 0.5) is 14.5 Å². The van der Waals surface area contributed by atoms with Gasteiger partial charge in [-0.25, -0.2) is 8.78 Å². The molecule has 2 heterocycles. The van der Waals surface area contributed by atoms with E-state index in [1.54, 1.807) is 17.0 Å². The van der Waals surface area contributed by atoms with Gasteiger partial charge in [-0.05, 0) is 29.8 Å². The van der Waals surface area contributed by atoms with Crippen molar-refractivity contribution in [3.05, 3.63) is 65.2 Å². The lowest BCUT2D eigenvalue weighted by molar-refractivity contribution is 0.0193. The number of halogens is 2. The van der Waals surface area contributed by atoms with Gasteiger partial charge in [0.2, 0.25) is 0 Å². The lowest BCUT2D eigenvalue weighted by Gasteiger charge is -2.52. The summed E-state index contributed by atoms with van der Waals surface area (Å²) in [6.07, 6.45) is 1.35. The van der Waals surface area contributed by atoms with Crippen molar-refractivity contribution < 1.29 is 18.7 Å². The van der Waals surface area contributed by atoms with Crippen LogP contribution >= 0.6 is 0 Å². The van der Waals surface area contributed by atoms with Gasteiger partial charge in [0.1, 0.15) is 5.66 Å². The molecule has 1 fully saturated rings. The molecule has 2 aliphatic rings. The molecule has 2 aromatic rings. The average molecular weight is 387 g/mol. The number of benzene rings is 2. The molecule has 4 rings (SSSR count). The van der Waals surface area contributed by atoms with E-state index in [2.05, 4.69) is 10.2 Å². The Kier molecular flexibility index (Phi) is 5.03. The molecule has 2 aliphatic heterocycles. The van der Waals surface area contributed by atoms with Crippen LogP contribution < -0.4 is 5.32 Å². The summed E-state index contributed by atoms with van der Waals surface area (Å²) in [7, 11) is 0. The van der Waals surface area contributed by atoms with E-state index < -0.39 is 17.3 Å². The van der Waals surface area contributed by atoms with Crippen molar-refractivity contribution in [1.29, 1.82) is 0 Å². The van der Waals surface area contributed by atoms with Crippen LogP contribution in [0.3, 0.4) is 0 Å². The number of likely N-dealkylation sites (tertiary alicyclic amines) is 1. The Hall–Kier alpha value is -2.51. The number of aliphatic hydroxyl groups is 1. The van der Waals surface area contributed by atoms with Crippen LogP contribution in [0, 0.1) is 11.6 Å². The normalized spacial score (nSPS) is 18.8. The predicted molar refractivity (Wildman–Crippen MR) is 102 cm³/mol. The number of para-hydroxylation sites is 1. The van der Waals surface area contributed by atoms with Gasteiger partial charge >= 0.3 is 0 Å². The van der Waals surface area contributed by atoms with Crippen LogP contribution in [0.2, 0.25) is 0 Å². The highest BCUT2D eigenvalue weighted by Gasteiger charge is 2.46. The van der Waals surface area contributed by atoms with Gasteiger partial charge in [-0.2, -0.15) is 0 Å². The molecule has 148 valence electrons. The van der Waals surface area contributed by atoms with Crippen LogP contribution in [0.1, 0.15) is 28.8 Å². The van der Waals surface area contributed by atoms with E-state index in [-0.39, 0.29) is 19.1 Å². The monoisotopic (exact) mass is 387 g/mol. The molecule has 0 unspecified atom stereocenters. The largest absolute Gasteiger partial charge is 0.395 e. The molecular formula is C21H23F2N3O2. The van der Waals surface area contributed by atoms with Gasteiger partial charge in [-0.1, -0.05) is 18.2 Å².